The van der Waals surface area contributed by atoms with E-state index in [9.17, 15) is 29.1 Å². The number of primary amides is 1. The van der Waals surface area contributed by atoms with Crippen LogP contribution in [0.2, 0.25) is 0 Å². The molecule has 5 atom stereocenters. The lowest BCUT2D eigenvalue weighted by molar-refractivity contribution is -0.144. The van der Waals surface area contributed by atoms with Crippen molar-refractivity contribution in [2.24, 2.45) is 23.5 Å². The molecule has 0 saturated carbocycles. The number of halogens is 1. The Morgan fingerprint density at radius 1 is 0.868 bits per heavy atom. The fraction of sp³-hybridized carbons (Fsp3) is 0.575. The first-order valence-corrected chi connectivity index (χ1v) is 20.0. The van der Waals surface area contributed by atoms with Gasteiger partial charge >= 0.3 is 0 Å². The summed E-state index contributed by atoms with van der Waals surface area (Å²) >= 11 is 1.93. The van der Waals surface area contributed by atoms with Crippen LogP contribution in [0.15, 0.2) is 60.7 Å². The van der Waals surface area contributed by atoms with E-state index < -0.39 is 52.6 Å². The van der Waals surface area contributed by atoms with Crippen molar-refractivity contribution in [1.29, 1.82) is 0 Å². The number of aliphatic hydroxyl groups is 1. The monoisotopic (exact) mass is 847 g/mol. The maximum absolute atomic E-state index is 14.7. The summed E-state index contributed by atoms with van der Waals surface area (Å²) in [6.07, 6.45) is 0.917. The third-order valence-corrected chi connectivity index (χ3v) is 11.0. The highest BCUT2D eigenvalue weighted by molar-refractivity contribution is 14.1. The lowest BCUT2D eigenvalue weighted by Gasteiger charge is -2.41. The molecule has 1 heterocycles. The van der Waals surface area contributed by atoms with Gasteiger partial charge in [0.2, 0.25) is 23.6 Å². The molecule has 292 valence electrons. The zero-order valence-electron chi connectivity index (χ0n) is 31.7. The van der Waals surface area contributed by atoms with Gasteiger partial charge in [-0.05, 0) is 62.0 Å². The van der Waals surface area contributed by atoms with Crippen molar-refractivity contribution in [3.8, 4) is 0 Å². The van der Waals surface area contributed by atoms with Crippen LogP contribution in [0.3, 0.4) is 0 Å². The number of morpholine rings is 1. The Bertz CT molecular complexity index is 1500. The number of Topliss-reactive ketones (excluding diaryl/α,β-unsaturated/α-hetero) is 1. The predicted molar refractivity (Wildman–Crippen MR) is 213 cm³/mol. The number of nitrogens with one attached hydrogen (secondary N) is 3. The fourth-order valence-corrected chi connectivity index (χ4v) is 7.12. The summed E-state index contributed by atoms with van der Waals surface area (Å²) in [6.45, 7) is 11.2. The number of benzene rings is 2. The molecule has 53 heavy (non-hydrogen) atoms. The standard InChI is InChI=1S/C40H58IN5O7/c1-27(2)22-33(35(48)39(5,52)26-41)44-36(49)31(23-30-14-10-7-11-15-30)40(38(42)51,24-28(3)4)45-37(50)32(17-16-29-12-8-6-9-13-29)43-34(47)25-46-18-20-53-21-19-46/h6-15,27-28,31-33,52H,16-26H2,1-5H3,(H2,42,51)(H,43,47)(H,44,49)(H,45,50)/t31-,32+,33+,39-,40?/m1/s1. The van der Waals surface area contributed by atoms with Gasteiger partial charge in [0, 0.05) is 17.5 Å². The molecule has 1 fully saturated rings. The van der Waals surface area contributed by atoms with Crippen molar-refractivity contribution >= 4 is 52.0 Å². The van der Waals surface area contributed by atoms with E-state index in [-0.39, 0.29) is 54.4 Å². The maximum atomic E-state index is 14.7. The molecule has 12 nitrogen and oxygen atoms in total. The Morgan fingerprint density at radius 2 is 1.45 bits per heavy atom. The van der Waals surface area contributed by atoms with Crippen molar-refractivity contribution in [1.82, 2.24) is 20.9 Å². The van der Waals surface area contributed by atoms with Crippen molar-refractivity contribution in [3.05, 3.63) is 71.8 Å². The summed E-state index contributed by atoms with van der Waals surface area (Å²) in [5.74, 6) is -4.63. The third-order valence-electron chi connectivity index (χ3n) is 9.53. The van der Waals surface area contributed by atoms with Gasteiger partial charge in [0.15, 0.2) is 5.78 Å². The number of ether oxygens (including phenoxy) is 1. The van der Waals surface area contributed by atoms with Crippen LogP contribution in [0.5, 0.6) is 0 Å². The number of carbonyl (C=O) groups excluding carboxylic acids is 5. The summed E-state index contributed by atoms with van der Waals surface area (Å²) < 4.78 is 5.52. The van der Waals surface area contributed by atoms with Crippen LogP contribution >= 0.6 is 22.6 Å². The van der Waals surface area contributed by atoms with Gasteiger partial charge in [-0.3, -0.25) is 28.9 Å². The molecule has 2 aromatic carbocycles. The summed E-state index contributed by atoms with van der Waals surface area (Å²) in [7, 11) is 0. The number of alkyl halides is 1. The first-order chi connectivity index (χ1) is 25.1. The average Bonchev–Trinajstić information content (AvgIpc) is 3.12. The van der Waals surface area contributed by atoms with Crippen molar-refractivity contribution < 1.29 is 33.8 Å². The zero-order chi connectivity index (χ0) is 39.2. The van der Waals surface area contributed by atoms with Gasteiger partial charge in [-0.2, -0.15) is 0 Å². The number of ketones is 1. The smallest absolute Gasteiger partial charge is 0.244 e. The van der Waals surface area contributed by atoms with Gasteiger partial charge in [-0.1, -0.05) is 111 Å². The molecule has 1 aliphatic rings. The van der Waals surface area contributed by atoms with E-state index in [1.54, 1.807) is 0 Å². The Kier molecular flexibility index (Phi) is 17.3. The van der Waals surface area contributed by atoms with E-state index in [0.29, 0.717) is 38.3 Å². The van der Waals surface area contributed by atoms with Crippen LogP contribution < -0.4 is 21.7 Å². The lowest BCUT2D eigenvalue weighted by Crippen LogP contribution is -2.69. The molecule has 13 heteroatoms. The predicted octanol–water partition coefficient (Wildman–Crippen LogP) is 2.97. The number of nitrogens with two attached hydrogens (primary N) is 1. The van der Waals surface area contributed by atoms with Gasteiger partial charge in [-0.25, -0.2) is 0 Å². The summed E-state index contributed by atoms with van der Waals surface area (Å²) in [5.41, 5.74) is 4.30. The highest BCUT2D eigenvalue weighted by Gasteiger charge is 2.51. The molecule has 2 aromatic rings. The second-order valence-corrected chi connectivity index (χ2v) is 15.9. The average molecular weight is 848 g/mol. The van der Waals surface area contributed by atoms with Crippen molar-refractivity contribution in [2.75, 3.05) is 37.3 Å². The van der Waals surface area contributed by atoms with E-state index in [2.05, 4.69) is 16.0 Å². The molecule has 0 bridgehead atoms. The number of hydrogen-bond donors (Lipinski definition) is 5. The van der Waals surface area contributed by atoms with Crippen molar-refractivity contribution in [2.45, 2.75) is 89.9 Å². The SMILES string of the molecule is CC(C)C[C@H](NC(=O)[C@@H](Cc1ccccc1)C(CC(C)C)(NC(=O)[C@H](CCc1ccccc1)NC(=O)CN1CCOCC1)C(N)=O)C(=O)[C@](C)(O)CI. The molecular formula is C40H58IN5O7. The van der Waals surface area contributed by atoms with E-state index in [1.807, 2.05) is 116 Å². The van der Waals surface area contributed by atoms with E-state index in [0.717, 1.165) is 5.56 Å². The Hall–Kier alpha value is -3.40. The minimum Gasteiger partial charge on any atom is -0.381 e. The topological polar surface area (TPSA) is 180 Å². The largest absolute Gasteiger partial charge is 0.381 e. The minimum atomic E-state index is -1.93. The third kappa shape index (κ3) is 13.4. The van der Waals surface area contributed by atoms with Crippen LogP contribution in [0, 0.1) is 17.8 Å². The molecule has 1 aliphatic heterocycles. The van der Waals surface area contributed by atoms with Crippen LogP contribution in [0.25, 0.3) is 0 Å². The molecule has 0 radical (unpaired) electrons. The summed E-state index contributed by atoms with van der Waals surface area (Å²) in [4.78, 5) is 72.1. The number of aryl methyl sites for hydroxylation is 1. The number of carbonyl (C=O) groups is 5. The molecule has 0 aliphatic carbocycles. The summed E-state index contributed by atoms with van der Waals surface area (Å²) in [5, 5.41) is 19.6. The van der Waals surface area contributed by atoms with Gasteiger partial charge in [0.1, 0.15) is 17.2 Å². The molecule has 3 rings (SSSR count). The van der Waals surface area contributed by atoms with E-state index in [1.165, 1.54) is 6.92 Å². The number of amides is 4. The molecule has 0 spiro atoms. The number of hydrogen-bond acceptors (Lipinski definition) is 8. The molecule has 6 N–H and O–H groups in total. The van der Waals surface area contributed by atoms with E-state index in [4.69, 9.17) is 10.5 Å². The van der Waals surface area contributed by atoms with Crippen LogP contribution in [-0.2, 0) is 41.6 Å². The number of rotatable bonds is 21. The van der Waals surface area contributed by atoms with Gasteiger partial charge < -0.3 is 31.5 Å². The van der Waals surface area contributed by atoms with Gasteiger partial charge in [-0.15, -0.1) is 0 Å². The highest BCUT2D eigenvalue weighted by Crippen LogP contribution is 2.31. The van der Waals surface area contributed by atoms with Crippen molar-refractivity contribution in [3.63, 3.8) is 0 Å². The molecule has 1 unspecified atom stereocenters. The number of nitrogens with zero attached hydrogens (tertiary/aromatic N) is 1. The quantitative estimate of drug-likeness (QED) is 0.0941. The molecule has 1 saturated heterocycles. The second kappa shape index (κ2) is 20.9. The second-order valence-electron chi connectivity index (χ2n) is 15.2. The maximum Gasteiger partial charge on any atom is 0.244 e. The highest BCUT2D eigenvalue weighted by atomic mass is 127. The fourth-order valence-electron chi connectivity index (χ4n) is 6.75. The first-order valence-electron chi connectivity index (χ1n) is 18.5. The Balaban J connectivity index is 2.07. The van der Waals surface area contributed by atoms with Crippen LogP contribution in [0.4, 0.5) is 0 Å². The molecule has 4 amide bonds. The zero-order valence-corrected chi connectivity index (χ0v) is 33.9. The molecular weight excluding hydrogens is 789 g/mol. The van der Waals surface area contributed by atoms with Gasteiger partial charge in [0.05, 0.1) is 31.7 Å². The van der Waals surface area contributed by atoms with Gasteiger partial charge in [0.25, 0.3) is 0 Å². The van der Waals surface area contributed by atoms with Crippen LogP contribution in [-0.4, -0.2) is 99.9 Å². The Morgan fingerprint density at radius 3 is 1.98 bits per heavy atom. The molecule has 0 aromatic heterocycles. The summed E-state index contributed by atoms with van der Waals surface area (Å²) in [6, 6.07) is 16.5. The normalized spacial score (nSPS) is 17.5. The lowest BCUT2D eigenvalue weighted by atomic mass is 9.73. The minimum absolute atomic E-state index is 0.000379. The first kappa shape index (κ1) is 44.0. The Labute approximate surface area is 327 Å². The van der Waals surface area contributed by atoms with E-state index >= 15 is 0 Å². The van der Waals surface area contributed by atoms with Crippen LogP contribution in [0.1, 0.15) is 65.0 Å².